The van der Waals surface area contributed by atoms with Crippen LogP contribution in [0.2, 0.25) is 0 Å². The summed E-state index contributed by atoms with van der Waals surface area (Å²) in [6.07, 6.45) is 4.13. The Kier molecular flexibility index (Phi) is 7.66. The minimum atomic E-state index is -1.35. The van der Waals surface area contributed by atoms with Crippen LogP contribution >= 0.6 is 0 Å². The molecule has 1 saturated carbocycles. The summed E-state index contributed by atoms with van der Waals surface area (Å²) in [6, 6.07) is 0. The molecule has 0 unspecified atom stereocenters. The first kappa shape index (κ1) is 26.1. The molecular formula is C27H40O5. The molecule has 2 aliphatic rings. The molecule has 2 rings (SSSR count). The van der Waals surface area contributed by atoms with Crippen LogP contribution in [-0.4, -0.2) is 32.5 Å². The molecule has 0 saturated heterocycles. The van der Waals surface area contributed by atoms with E-state index in [2.05, 4.69) is 6.58 Å². The Balaban J connectivity index is 2.69. The summed E-state index contributed by atoms with van der Waals surface area (Å²) >= 11 is 0. The molecule has 0 amide bonds. The van der Waals surface area contributed by atoms with Crippen molar-refractivity contribution in [2.24, 2.45) is 23.2 Å². The summed E-state index contributed by atoms with van der Waals surface area (Å²) in [4.78, 5) is 26.6. The maximum Gasteiger partial charge on any atom is 0.183 e. The van der Waals surface area contributed by atoms with Gasteiger partial charge in [-0.1, -0.05) is 37.6 Å². The summed E-state index contributed by atoms with van der Waals surface area (Å²) in [6.45, 7) is 16.8. The molecule has 5 heteroatoms. The van der Waals surface area contributed by atoms with Gasteiger partial charge in [-0.2, -0.15) is 0 Å². The number of Topliss-reactive ketones (excluding diaryl/α,β-unsaturated/α-hetero) is 2. The number of carbonyl (C=O) groups excluding carboxylic acids is 2. The van der Waals surface area contributed by atoms with Crippen molar-refractivity contribution in [1.82, 2.24) is 0 Å². The van der Waals surface area contributed by atoms with Crippen LogP contribution in [0.15, 0.2) is 46.5 Å². The molecule has 178 valence electrons. The molecule has 32 heavy (non-hydrogen) atoms. The fourth-order valence-corrected chi connectivity index (χ4v) is 4.98. The van der Waals surface area contributed by atoms with E-state index in [1.54, 1.807) is 20.8 Å². The van der Waals surface area contributed by atoms with Crippen LogP contribution in [0.5, 0.6) is 0 Å². The van der Waals surface area contributed by atoms with Crippen molar-refractivity contribution in [1.29, 1.82) is 0 Å². The first-order valence-electron chi connectivity index (χ1n) is 11.6. The first-order valence-corrected chi connectivity index (χ1v) is 11.6. The van der Waals surface area contributed by atoms with Crippen molar-refractivity contribution in [3.05, 3.63) is 46.5 Å². The van der Waals surface area contributed by atoms with Gasteiger partial charge >= 0.3 is 0 Å². The molecule has 0 radical (unpaired) electrons. The molecule has 2 aliphatic carbocycles. The van der Waals surface area contributed by atoms with E-state index in [0.29, 0.717) is 12.8 Å². The zero-order chi connectivity index (χ0) is 24.6. The molecule has 0 spiro atoms. The van der Waals surface area contributed by atoms with Crippen LogP contribution in [0.3, 0.4) is 0 Å². The van der Waals surface area contributed by atoms with Crippen LogP contribution in [-0.2, 0) is 9.59 Å². The van der Waals surface area contributed by atoms with Gasteiger partial charge in [0.2, 0.25) is 0 Å². The number of aliphatic hydroxyl groups is 3. The molecule has 0 bridgehead atoms. The van der Waals surface area contributed by atoms with Crippen LogP contribution in [0.4, 0.5) is 0 Å². The van der Waals surface area contributed by atoms with E-state index in [1.807, 2.05) is 33.8 Å². The van der Waals surface area contributed by atoms with E-state index >= 15 is 0 Å². The smallest absolute Gasteiger partial charge is 0.183 e. The fourth-order valence-electron chi connectivity index (χ4n) is 4.98. The molecule has 0 heterocycles. The Bertz CT molecular complexity index is 897. The average molecular weight is 445 g/mol. The second-order valence-corrected chi connectivity index (χ2v) is 10.5. The van der Waals surface area contributed by atoms with E-state index in [9.17, 15) is 24.9 Å². The predicted octanol–water partition coefficient (Wildman–Crippen LogP) is 5.91. The lowest BCUT2D eigenvalue weighted by molar-refractivity contribution is -0.128. The van der Waals surface area contributed by atoms with Crippen LogP contribution in [0.1, 0.15) is 80.6 Å². The third kappa shape index (κ3) is 4.63. The second kappa shape index (κ2) is 9.38. The maximum atomic E-state index is 13.5. The number of hydrogen-bond acceptors (Lipinski definition) is 5. The monoisotopic (exact) mass is 444 g/mol. The van der Waals surface area contributed by atoms with Gasteiger partial charge in [0.15, 0.2) is 11.6 Å². The minimum absolute atomic E-state index is 0.0217. The number of carbonyl (C=O) groups is 2. The van der Waals surface area contributed by atoms with Gasteiger partial charge in [-0.15, -0.1) is 0 Å². The zero-order valence-electron chi connectivity index (χ0n) is 20.7. The number of allylic oxidation sites excluding steroid dienone is 6. The van der Waals surface area contributed by atoms with Crippen molar-refractivity contribution in [2.45, 2.75) is 86.2 Å². The van der Waals surface area contributed by atoms with Crippen LogP contribution in [0.25, 0.3) is 0 Å². The molecule has 5 nitrogen and oxygen atoms in total. The Hall–Kier alpha value is -2.14. The van der Waals surface area contributed by atoms with Gasteiger partial charge in [-0.3, -0.25) is 9.59 Å². The summed E-state index contributed by atoms with van der Waals surface area (Å²) in [7, 11) is 0. The molecule has 1 fully saturated rings. The predicted molar refractivity (Wildman–Crippen MR) is 127 cm³/mol. The van der Waals surface area contributed by atoms with Crippen LogP contribution in [0, 0.1) is 23.2 Å². The number of hydrogen-bond donors (Lipinski definition) is 3. The van der Waals surface area contributed by atoms with Crippen molar-refractivity contribution >= 4 is 11.6 Å². The average Bonchev–Trinajstić information content (AvgIpc) is 3.01. The third-order valence-electron chi connectivity index (χ3n) is 7.59. The highest BCUT2D eigenvalue weighted by atomic mass is 16.3. The van der Waals surface area contributed by atoms with Crippen molar-refractivity contribution in [3.63, 3.8) is 0 Å². The van der Waals surface area contributed by atoms with Crippen molar-refractivity contribution < 1.29 is 24.9 Å². The van der Waals surface area contributed by atoms with Gasteiger partial charge in [0.05, 0.1) is 11.0 Å². The minimum Gasteiger partial charge on any atom is -0.511 e. The largest absolute Gasteiger partial charge is 0.511 e. The fraction of sp³-hybridized carbons (Fsp3) is 0.630. The highest BCUT2D eigenvalue weighted by Gasteiger charge is 2.51. The lowest BCUT2D eigenvalue weighted by Crippen LogP contribution is -2.41. The Morgan fingerprint density at radius 2 is 1.84 bits per heavy atom. The Morgan fingerprint density at radius 1 is 1.25 bits per heavy atom. The number of aliphatic hydroxyl groups excluding tert-OH is 2. The Morgan fingerprint density at radius 3 is 2.34 bits per heavy atom. The molecule has 0 aliphatic heterocycles. The van der Waals surface area contributed by atoms with Crippen molar-refractivity contribution in [3.8, 4) is 0 Å². The summed E-state index contributed by atoms with van der Waals surface area (Å²) in [5.41, 5.74) is -0.453. The molecule has 5 atom stereocenters. The topological polar surface area (TPSA) is 94.8 Å². The van der Waals surface area contributed by atoms with Gasteiger partial charge < -0.3 is 15.3 Å². The lowest BCUT2D eigenvalue weighted by Gasteiger charge is -2.37. The second-order valence-electron chi connectivity index (χ2n) is 10.5. The maximum absolute atomic E-state index is 13.5. The van der Waals surface area contributed by atoms with Gasteiger partial charge in [0, 0.05) is 11.5 Å². The third-order valence-corrected chi connectivity index (χ3v) is 7.59. The van der Waals surface area contributed by atoms with Crippen LogP contribution < -0.4 is 0 Å². The summed E-state index contributed by atoms with van der Waals surface area (Å²) < 4.78 is 0. The molecular weight excluding hydrogens is 404 g/mol. The highest BCUT2D eigenvalue weighted by Crippen LogP contribution is 2.50. The molecule has 0 aromatic heterocycles. The lowest BCUT2D eigenvalue weighted by atomic mass is 9.67. The SMILES string of the molecule is C=C(C)[C@@H]1CC[C@@](C)(O)[C@H]1CC1=C(O)[C@@](C)(CC=C(C)C)C(=O)C(C(=O)[C@@H](C)CC)=C1O. The quantitative estimate of drug-likeness (QED) is 0.319. The van der Waals surface area contributed by atoms with Gasteiger partial charge in [-0.05, 0) is 78.6 Å². The molecule has 0 aromatic carbocycles. The van der Waals surface area contributed by atoms with Crippen molar-refractivity contribution in [2.75, 3.05) is 0 Å². The van der Waals surface area contributed by atoms with Gasteiger partial charge in [-0.25, -0.2) is 0 Å². The van der Waals surface area contributed by atoms with E-state index in [4.69, 9.17) is 0 Å². The Labute approximate surface area is 192 Å². The van der Waals surface area contributed by atoms with E-state index < -0.39 is 34.3 Å². The van der Waals surface area contributed by atoms with E-state index in [0.717, 1.165) is 17.6 Å². The number of rotatable bonds is 8. The summed E-state index contributed by atoms with van der Waals surface area (Å²) in [5.74, 6) is -2.29. The highest BCUT2D eigenvalue weighted by molar-refractivity contribution is 6.24. The van der Waals surface area contributed by atoms with E-state index in [-0.39, 0.29) is 41.6 Å². The van der Waals surface area contributed by atoms with Gasteiger partial charge in [0.1, 0.15) is 17.1 Å². The standard InChI is InChI=1S/C27H40O5/c1-9-17(6)22(28)21-23(29)19(14-20-18(16(4)5)11-13-27(20,8)32)24(30)26(7,25(21)31)12-10-15(2)3/h10,17-18,20,29-30,32H,4,9,11-14H2,1-3,5-8H3/t17-,18-,20-,26+,27+/m0/s1. The van der Waals surface area contributed by atoms with E-state index in [1.165, 1.54) is 0 Å². The summed E-state index contributed by atoms with van der Waals surface area (Å²) in [5, 5.41) is 33.5. The van der Waals surface area contributed by atoms with Gasteiger partial charge in [0.25, 0.3) is 0 Å². The first-order chi connectivity index (χ1) is 14.7. The zero-order valence-corrected chi connectivity index (χ0v) is 20.7. The number of ketones is 2. The molecule has 3 N–H and O–H groups in total. The normalized spacial score (nSPS) is 31.7. The molecule has 0 aromatic rings.